The number of ether oxygens (including phenoxy) is 3. The normalized spacial score (nSPS) is 21.6. The molecule has 150 valence electrons. The summed E-state index contributed by atoms with van der Waals surface area (Å²) in [5.74, 6) is -0.311. The van der Waals surface area contributed by atoms with Crippen molar-refractivity contribution in [1.29, 1.82) is 0 Å². The summed E-state index contributed by atoms with van der Waals surface area (Å²) in [5.41, 5.74) is 0.656. The Labute approximate surface area is 163 Å². The predicted octanol–water partition coefficient (Wildman–Crippen LogP) is 1.41. The van der Waals surface area contributed by atoms with Crippen LogP contribution in [0.5, 0.6) is 11.5 Å². The highest BCUT2D eigenvalue weighted by atomic mass is 16.6. The second-order valence-electron chi connectivity index (χ2n) is 7.39. The van der Waals surface area contributed by atoms with E-state index in [-0.39, 0.29) is 37.4 Å². The number of nitrogens with zero attached hydrogens (tertiary/aromatic N) is 1. The van der Waals surface area contributed by atoms with Crippen molar-refractivity contribution in [2.24, 2.45) is 5.92 Å². The van der Waals surface area contributed by atoms with Crippen molar-refractivity contribution < 1.29 is 28.6 Å². The van der Waals surface area contributed by atoms with Gasteiger partial charge in [0, 0.05) is 30.8 Å². The van der Waals surface area contributed by atoms with E-state index in [2.05, 4.69) is 5.32 Å². The predicted molar refractivity (Wildman–Crippen MR) is 99.2 cm³/mol. The minimum Gasteiger partial charge on any atom is -0.486 e. The number of nitrogens with one attached hydrogen (secondary N) is 1. The monoisotopic (exact) mass is 388 g/mol. The van der Waals surface area contributed by atoms with Crippen LogP contribution in [-0.4, -0.2) is 50.2 Å². The lowest BCUT2D eigenvalue weighted by Crippen LogP contribution is -2.36. The highest BCUT2D eigenvalue weighted by Crippen LogP contribution is 2.36. The van der Waals surface area contributed by atoms with Crippen LogP contribution in [-0.2, 0) is 19.1 Å². The van der Waals surface area contributed by atoms with Gasteiger partial charge in [0.05, 0.1) is 5.92 Å². The summed E-state index contributed by atoms with van der Waals surface area (Å²) >= 11 is 0. The molecule has 4 rings (SSSR count). The van der Waals surface area contributed by atoms with Crippen LogP contribution in [0.4, 0.5) is 5.69 Å². The van der Waals surface area contributed by atoms with Crippen molar-refractivity contribution in [3.8, 4) is 11.5 Å². The van der Waals surface area contributed by atoms with Gasteiger partial charge in [0.25, 0.3) is 5.91 Å². The smallest absolute Gasteiger partial charge is 0.311 e. The maximum absolute atomic E-state index is 12.4. The molecule has 3 aliphatic rings. The summed E-state index contributed by atoms with van der Waals surface area (Å²) < 4.78 is 16.2. The molecular formula is C20H24N2O6. The van der Waals surface area contributed by atoms with Gasteiger partial charge in [0.1, 0.15) is 13.2 Å². The Balaban J connectivity index is 1.31. The number of amides is 2. The van der Waals surface area contributed by atoms with Crippen LogP contribution in [0.2, 0.25) is 0 Å². The molecule has 1 saturated heterocycles. The second-order valence-corrected chi connectivity index (χ2v) is 7.39. The highest BCUT2D eigenvalue weighted by molar-refractivity contribution is 5.99. The third kappa shape index (κ3) is 4.05. The quantitative estimate of drug-likeness (QED) is 0.767. The zero-order valence-electron chi connectivity index (χ0n) is 15.6. The molecule has 8 heteroatoms. The number of benzene rings is 1. The topological polar surface area (TPSA) is 94.2 Å². The molecule has 8 nitrogen and oxygen atoms in total. The Kier molecular flexibility index (Phi) is 5.36. The molecule has 1 aromatic rings. The first-order valence-electron chi connectivity index (χ1n) is 9.76. The first-order valence-corrected chi connectivity index (χ1v) is 9.76. The van der Waals surface area contributed by atoms with Crippen LogP contribution in [0.25, 0.3) is 0 Å². The zero-order valence-corrected chi connectivity index (χ0v) is 15.6. The molecule has 2 heterocycles. The number of esters is 1. The van der Waals surface area contributed by atoms with Crippen LogP contribution in [0.1, 0.15) is 32.1 Å². The van der Waals surface area contributed by atoms with Crippen LogP contribution in [0.3, 0.4) is 0 Å². The molecule has 2 amide bonds. The van der Waals surface area contributed by atoms with Crippen molar-refractivity contribution in [2.45, 2.75) is 38.1 Å². The number of hydrogen-bond donors (Lipinski definition) is 1. The summed E-state index contributed by atoms with van der Waals surface area (Å²) in [4.78, 5) is 38.2. The molecular weight excluding hydrogens is 364 g/mol. The molecule has 2 fully saturated rings. The summed E-state index contributed by atoms with van der Waals surface area (Å²) in [6.07, 6.45) is 4.25. The summed E-state index contributed by atoms with van der Waals surface area (Å²) in [6.45, 7) is 0.880. The fourth-order valence-electron chi connectivity index (χ4n) is 3.91. The molecule has 0 unspecified atom stereocenters. The average molecular weight is 388 g/mol. The zero-order chi connectivity index (χ0) is 19.5. The molecule has 2 aliphatic heterocycles. The number of carbonyl (C=O) groups excluding carboxylic acids is 3. The van der Waals surface area contributed by atoms with Gasteiger partial charge in [-0.05, 0) is 25.0 Å². The molecule has 1 aliphatic carbocycles. The van der Waals surface area contributed by atoms with Gasteiger partial charge in [-0.1, -0.05) is 12.8 Å². The number of fused-ring (bicyclic) bond motifs is 1. The van der Waals surface area contributed by atoms with Gasteiger partial charge in [0.15, 0.2) is 18.1 Å². The molecule has 0 radical (unpaired) electrons. The van der Waals surface area contributed by atoms with Gasteiger partial charge in [-0.3, -0.25) is 14.4 Å². The van der Waals surface area contributed by atoms with E-state index in [9.17, 15) is 14.4 Å². The van der Waals surface area contributed by atoms with Crippen LogP contribution >= 0.6 is 0 Å². The fourth-order valence-corrected chi connectivity index (χ4v) is 3.91. The van der Waals surface area contributed by atoms with E-state index in [0.717, 1.165) is 25.7 Å². The Hall–Kier alpha value is -2.77. The van der Waals surface area contributed by atoms with Gasteiger partial charge >= 0.3 is 5.97 Å². The Bertz CT molecular complexity index is 774. The first kappa shape index (κ1) is 18.6. The van der Waals surface area contributed by atoms with Crippen molar-refractivity contribution in [3.63, 3.8) is 0 Å². The molecule has 0 bridgehead atoms. The third-order valence-electron chi connectivity index (χ3n) is 5.36. The van der Waals surface area contributed by atoms with Crippen LogP contribution in [0.15, 0.2) is 18.2 Å². The summed E-state index contributed by atoms with van der Waals surface area (Å²) in [5, 5.41) is 2.88. The number of anilines is 1. The van der Waals surface area contributed by atoms with Crippen molar-refractivity contribution >= 4 is 23.5 Å². The lowest BCUT2D eigenvalue weighted by molar-refractivity contribution is -0.152. The minimum absolute atomic E-state index is 0.0670. The van der Waals surface area contributed by atoms with E-state index in [1.165, 1.54) is 0 Å². The second kappa shape index (κ2) is 8.08. The third-order valence-corrected chi connectivity index (χ3v) is 5.36. The number of carbonyl (C=O) groups is 3. The number of rotatable bonds is 5. The first-order chi connectivity index (χ1) is 13.6. The van der Waals surface area contributed by atoms with Crippen LogP contribution in [0, 0.1) is 5.92 Å². The Morgan fingerprint density at radius 1 is 1.14 bits per heavy atom. The van der Waals surface area contributed by atoms with Crippen molar-refractivity contribution in [3.05, 3.63) is 18.2 Å². The van der Waals surface area contributed by atoms with E-state index in [0.29, 0.717) is 30.4 Å². The van der Waals surface area contributed by atoms with Crippen molar-refractivity contribution in [2.75, 3.05) is 31.3 Å². The maximum atomic E-state index is 12.4. The van der Waals surface area contributed by atoms with Crippen molar-refractivity contribution in [1.82, 2.24) is 5.32 Å². The number of hydrogen-bond acceptors (Lipinski definition) is 6. The summed E-state index contributed by atoms with van der Waals surface area (Å²) in [6, 6.07) is 5.46. The highest BCUT2D eigenvalue weighted by Gasteiger charge is 2.37. The molecule has 1 saturated carbocycles. The molecule has 28 heavy (non-hydrogen) atoms. The maximum Gasteiger partial charge on any atom is 0.311 e. The SMILES string of the molecule is O=C(COC(=O)[C@H]1CC(=O)N(c2ccc3c(c2)OCCO3)C1)NC1CCCC1. The van der Waals surface area contributed by atoms with E-state index < -0.39 is 11.9 Å². The average Bonchev–Trinajstić information content (AvgIpc) is 3.35. The van der Waals surface area contributed by atoms with Crippen LogP contribution < -0.4 is 19.7 Å². The van der Waals surface area contributed by atoms with E-state index in [4.69, 9.17) is 14.2 Å². The lowest BCUT2D eigenvalue weighted by atomic mass is 10.1. The molecule has 1 aromatic carbocycles. The lowest BCUT2D eigenvalue weighted by Gasteiger charge is -2.22. The molecule has 0 aromatic heterocycles. The largest absolute Gasteiger partial charge is 0.486 e. The van der Waals surface area contributed by atoms with E-state index >= 15 is 0 Å². The summed E-state index contributed by atoms with van der Waals surface area (Å²) in [7, 11) is 0. The van der Waals surface area contributed by atoms with Gasteiger partial charge < -0.3 is 24.4 Å². The van der Waals surface area contributed by atoms with Gasteiger partial charge in [-0.15, -0.1) is 0 Å². The van der Waals surface area contributed by atoms with E-state index in [1.807, 2.05) is 0 Å². The Morgan fingerprint density at radius 2 is 1.89 bits per heavy atom. The van der Waals surface area contributed by atoms with Gasteiger partial charge in [0.2, 0.25) is 5.91 Å². The molecule has 0 spiro atoms. The van der Waals surface area contributed by atoms with Gasteiger partial charge in [-0.2, -0.15) is 0 Å². The Morgan fingerprint density at radius 3 is 2.68 bits per heavy atom. The standard InChI is InChI=1S/C20H24N2O6/c23-18(21-14-3-1-2-4-14)12-28-20(25)13-9-19(24)22(11-13)15-5-6-16-17(10-15)27-8-7-26-16/h5-6,10,13-14H,1-4,7-9,11-12H2,(H,21,23)/t13-/m0/s1. The van der Waals surface area contributed by atoms with Gasteiger partial charge in [-0.25, -0.2) is 0 Å². The minimum atomic E-state index is -0.583. The molecule has 1 N–H and O–H groups in total. The molecule has 1 atom stereocenters. The van der Waals surface area contributed by atoms with E-state index in [1.54, 1.807) is 23.1 Å². The fraction of sp³-hybridized carbons (Fsp3) is 0.550.